The quantitative estimate of drug-likeness (QED) is 0.418. The molecule has 2 aliphatic carbocycles. The summed E-state index contributed by atoms with van der Waals surface area (Å²) < 4.78 is 103. The molecule has 2 amide bonds. The van der Waals surface area contributed by atoms with E-state index in [2.05, 4.69) is 0 Å². The lowest BCUT2D eigenvalue weighted by molar-refractivity contribution is -0.177. The predicted molar refractivity (Wildman–Crippen MR) is 138 cm³/mol. The predicted octanol–water partition coefficient (Wildman–Crippen LogP) is 1.66. The lowest BCUT2D eigenvalue weighted by Crippen LogP contribution is -2.66. The number of carboxylic acids is 1. The molecule has 0 aromatic heterocycles. The lowest BCUT2D eigenvalue weighted by atomic mass is 9.70. The summed E-state index contributed by atoms with van der Waals surface area (Å²) >= 11 is 0. The summed E-state index contributed by atoms with van der Waals surface area (Å²) in [6, 6.07) is 4.37. The number of carbonyl (C=O) groups is 3. The number of ether oxygens (including phenoxy) is 1. The van der Waals surface area contributed by atoms with Gasteiger partial charge < -0.3 is 25.4 Å². The molecule has 6 rings (SSSR count). The Hall–Kier alpha value is -3.52. The van der Waals surface area contributed by atoms with Gasteiger partial charge in [-0.3, -0.25) is 14.4 Å². The van der Waals surface area contributed by atoms with Crippen LogP contribution in [0.3, 0.4) is 0 Å². The fourth-order valence-electron chi connectivity index (χ4n) is 7.51. The van der Waals surface area contributed by atoms with Gasteiger partial charge in [-0.1, -0.05) is 0 Å². The van der Waals surface area contributed by atoms with Crippen LogP contribution in [-0.4, -0.2) is 86.8 Å². The zero-order chi connectivity index (χ0) is 32.3. The molecule has 1 aromatic carbocycles. The van der Waals surface area contributed by atoms with E-state index in [1.54, 1.807) is 11.0 Å². The van der Waals surface area contributed by atoms with Crippen LogP contribution in [0.25, 0.3) is 0 Å². The Morgan fingerprint density at radius 3 is 2.18 bits per heavy atom. The number of aliphatic carboxylic acids is 1. The van der Waals surface area contributed by atoms with Crippen molar-refractivity contribution in [2.24, 2.45) is 33.8 Å². The Bertz CT molecular complexity index is 1610. The number of rotatable bonds is 7. The molecular weight excluding hydrogens is 619 g/mol. The van der Waals surface area contributed by atoms with Crippen molar-refractivity contribution in [2.75, 3.05) is 44.3 Å². The van der Waals surface area contributed by atoms with Crippen LogP contribution in [0.1, 0.15) is 24.8 Å². The van der Waals surface area contributed by atoms with Crippen LogP contribution in [0.2, 0.25) is 0 Å². The third-order valence-corrected chi connectivity index (χ3v) is 12.2. The number of alkyl halides is 5. The van der Waals surface area contributed by atoms with Crippen LogP contribution in [0.5, 0.6) is 0 Å². The van der Waals surface area contributed by atoms with Gasteiger partial charge >= 0.3 is 12.1 Å². The number of nitrogens with two attached hydrogens (primary N) is 1. The van der Waals surface area contributed by atoms with E-state index in [0.717, 1.165) is 6.07 Å². The first-order chi connectivity index (χ1) is 20.3. The Balaban J connectivity index is 1.38. The molecule has 5 fully saturated rings. The number of nitriles is 1. The molecule has 3 N–H and O–H groups in total. The average Bonchev–Trinajstić information content (AvgIpc) is 3.49. The Labute approximate surface area is 247 Å². The van der Waals surface area contributed by atoms with Crippen LogP contribution < -0.4 is 10.6 Å². The molecule has 17 heteroatoms. The van der Waals surface area contributed by atoms with Gasteiger partial charge in [0.15, 0.2) is 9.84 Å². The van der Waals surface area contributed by atoms with Crippen molar-refractivity contribution >= 4 is 33.3 Å². The van der Waals surface area contributed by atoms with Gasteiger partial charge in [0.1, 0.15) is 5.41 Å². The zero-order valence-corrected chi connectivity index (χ0v) is 23.8. The minimum atomic E-state index is -5.14. The molecule has 5 aliphatic rings. The van der Waals surface area contributed by atoms with E-state index < -0.39 is 110 Å². The summed E-state index contributed by atoms with van der Waals surface area (Å²) in [4.78, 5) is 39.7. The van der Waals surface area contributed by atoms with Crippen molar-refractivity contribution in [3.05, 3.63) is 23.8 Å². The first-order valence-corrected chi connectivity index (χ1v) is 15.3. The van der Waals surface area contributed by atoms with E-state index in [1.807, 2.05) is 0 Å². The van der Waals surface area contributed by atoms with Crippen molar-refractivity contribution in [3.8, 4) is 6.07 Å². The number of hydrogen-bond donors (Lipinski definition) is 2. The standard InChI is InChI=1S/C27H27F5N4O7S/c28-25(29)10-36(11-25)20(37)17-4-15(5-26(17,22(39)40)19-6-24(19,7-33)21(34)38)44(41,42)18-2-1-14(3-16(18)27(30,31)32)35-8-23(9-35)12-43-13-23/h1-3,15,17,19H,4-6,8-13H2,(H2,34,38)(H,39,40)/t15-,17+,19?,24?,26+/m1/s1. The number of halogens is 5. The molecule has 5 atom stereocenters. The maximum Gasteiger partial charge on any atom is 0.417 e. The third kappa shape index (κ3) is 4.27. The molecular formula is C27H27F5N4O7S. The number of carbonyl (C=O) groups excluding carboxylic acids is 2. The molecule has 238 valence electrons. The van der Waals surface area contributed by atoms with Crippen molar-refractivity contribution in [3.63, 3.8) is 0 Å². The number of carboxylic acid groups (broad SMARTS) is 1. The SMILES string of the molecule is N#CC1(C(N)=O)CC1[C@]1(C(=O)O)C[C@H](S(=O)(=O)c2ccc(N3CC4(COC4)C3)cc2C(F)(F)F)C[C@H]1C(=O)N1CC(F)(F)C1. The Morgan fingerprint density at radius 2 is 1.73 bits per heavy atom. The second-order valence-electron chi connectivity index (χ2n) is 12.8. The number of sulfone groups is 1. The number of nitrogens with zero attached hydrogens (tertiary/aromatic N) is 3. The van der Waals surface area contributed by atoms with Gasteiger partial charge in [0, 0.05) is 24.7 Å². The molecule has 3 saturated heterocycles. The molecule has 11 nitrogen and oxygen atoms in total. The fraction of sp³-hybridized carbons (Fsp3) is 0.630. The van der Waals surface area contributed by atoms with Crippen LogP contribution in [0, 0.1) is 39.4 Å². The highest BCUT2D eigenvalue weighted by Gasteiger charge is 2.76. The minimum Gasteiger partial charge on any atom is -0.481 e. The van der Waals surface area contributed by atoms with E-state index in [0.29, 0.717) is 37.3 Å². The highest BCUT2D eigenvalue weighted by molar-refractivity contribution is 7.92. The van der Waals surface area contributed by atoms with Crippen molar-refractivity contribution in [1.82, 2.24) is 4.90 Å². The second kappa shape index (κ2) is 9.25. The topological polar surface area (TPSA) is 171 Å². The Morgan fingerprint density at radius 1 is 1.09 bits per heavy atom. The van der Waals surface area contributed by atoms with Gasteiger partial charge in [-0.25, -0.2) is 17.2 Å². The molecule has 0 bridgehead atoms. The normalized spacial score (nSPS) is 33.5. The maximum absolute atomic E-state index is 14.3. The van der Waals surface area contributed by atoms with Gasteiger partial charge in [0.25, 0.3) is 5.92 Å². The molecule has 2 unspecified atom stereocenters. The molecule has 3 heterocycles. The molecule has 1 aromatic rings. The number of amides is 2. The van der Waals surface area contributed by atoms with E-state index >= 15 is 0 Å². The van der Waals surface area contributed by atoms with Crippen LogP contribution >= 0.6 is 0 Å². The zero-order valence-electron chi connectivity index (χ0n) is 22.9. The van der Waals surface area contributed by atoms with E-state index in [9.17, 15) is 55.1 Å². The van der Waals surface area contributed by atoms with Crippen LogP contribution in [0.4, 0.5) is 27.6 Å². The number of anilines is 1. The maximum atomic E-state index is 14.3. The van der Waals surface area contributed by atoms with Gasteiger partial charge in [-0.15, -0.1) is 0 Å². The van der Waals surface area contributed by atoms with Gasteiger partial charge in [0.05, 0.1) is 64.8 Å². The summed E-state index contributed by atoms with van der Waals surface area (Å²) in [7, 11) is -5.02. The summed E-state index contributed by atoms with van der Waals surface area (Å²) in [6.45, 7) is -0.365. The van der Waals surface area contributed by atoms with Gasteiger partial charge in [-0.2, -0.15) is 18.4 Å². The van der Waals surface area contributed by atoms with Gasteiger partial charge in [-0.05, 0) is 37.5 Å². The van der Waals surface area contributed by atoms with Crippen molar-refractivity contribution < 1.29 is 54.6 Å². The average molecular weight is 647 g/mol. The number of likely N-dealkylation sites (tertiary alicyclic amines) is 1. The number of hydrogen-bond acceptors (Lipinski definition) is 8. The molecule has 44 heavy (non-hydrogen) atoms. The molecule has 2 saturated carbocycles. The molecule has 1 spiro atoms. The van der Waals surface area contributed by atoms with Crippen LogP contribution in [0.15, 0.2) is 23.1 Å². The summed E-state index contributed by atoms with van der Waals surface area (Å²) in [6.07, 6.45) is -7.33. The number of primary amides is 1. The van der Waals surface area contributed by atoms with E-state index in [-0.39, 0.29) is 11.1 Å². The van der Waals surface area contributed by atoms with Crippen molar-refractivity contribution in [2.45, 2.75) is 41.5 Å². The van der Waals surface area contributed by atoms with E-state index in [1.165, 1.54) is 6.07 Å². The monoisotopic (exact) mass is 646 g/mol. The molecule has 0 radical (unpaired) electrons. The first kappa shape index (κ1) is 30.5. The summed E-state index contributed by atoms with van der Waals surface area (Å²) in [5.41, 5.74) is -0.646. The van der Waals surface area contributed by atoms with Gasteiger partial charge in [0.2, 0.25) is 11.8 Å². The highest BCUT2D eigenvalue weighted by atomic mass is 32.2. The van der Waals surface area contributed by atoms with Crippen molar-refractivity contribution in [1.29, 1.82) is 5.26 Å². The van der Waals surface area contributed by atoms with E-state index in [4.69, 9.17) is 10.5 Å². The molecule has 3 aliphatic heterocycles. The number of benzene rings is 1. The second-order valence-corrected chi connectivity index (χ2v) is 15.0. The summed E-state index contributed by atoms with van der Waals surface area (Å²) in [5, 5.41) is 18.3. The third-order valence-electron chi connectivity index (χ3n) is 10.0. The highest BCUT2D eigenvalue weighted by Crippen LogP contribution is 2.68. The smallest absolute Gasteiger partial charge is 0.417 e. The first-order valence-electron chi connectivity index (χ1n) is 13.7. The summed E-state index contributed by atoms with van der Waals surface area (Å²) in [5.74, 6) is -10.7. The lowest BCUT2D eigenvalue weighted by Gasteiger charge is -2.56. The fourth-order valence-corrected chi connectivity index (χ4v) is 9.55. The Kier molecular flexibility index (Phi) is 6.42. The minimum absolute atomic E-state index is 0.130. The largest absolute Gasteiger partial charge is 0.481 e. The van der Waals surface area contributed by atoms with Crippen LogP contribution in [-0.2, 0) is 35.1 Å².